The standard InChI is InChI=1S/C15H12FN3O2S/c1-15(11-7-8-17-9-12(11)16)13(20)19(14(22)21-15)18-10-5-3-2-4-6-10/h2-9,18H,1H3. The zero-order valence-electron chi connectivity index (χ0n) is 11.6. The van der Waals surface area contributed by atoms with Crippen molar-refractivity contribution in [3.63, 3.8) is 0 Å². The number of amides is 1. The van der Waals surface area contributed by atoms with Crippen molar-refractivity contribution in [2.75, 3.05) is 5.43 Å². The number of aromatic nitrogens is 1. The van der Waals surface area contributed by atoms with Crippen LogP contribution in [0.4, 0.5) is 10.1 Å². The lowest BCUT2D eigenvalue weighted by molar-refractivity contribution is -0.135. The molecule has 3 rings (SSSR count). The Morgan fingerprint density at radius 1 is 1.32 bits per heavy atom. The van der Waals surface area contributed by atoms with Gasteiger partial charge in [-0.3, -0.25) is 15.2 Å². The fraction of sp³-hybridized carbons (Fsp3) is 0.133. The number of hydrazine groups is 1. The van der Waals surface area contributed by atoms with Crippen LogP contribution in [0.15, 0.2) is 48.8 Å². The summed E-state index contributed by atoms with van der Waals surface area (Å²) in [5, 5.41) is 1.04. The molecule has 1 fully saturated rings. The number of para-hydroxylation sites is 1. The Kier molecular flexibility index (Phi) is 3.50. The van der Waals surface area contributed by atoms with E-state index in [-0.39, 0.29) is 10.7 Å². The lowest BCUT2D eigenvalue weighted by Crippen LogP contribution is -2.40. The van der Waals surface area contributed by atoms with E-state index in [0.717, 1.165) is 11.2 Å². The van der Waals surface area contributed by atoms with Crippen LogP contribution in [0.1, 0.15) is 12.5 Å². The summed E-state index contributed by atoms with van der Waals surface area (Å²) in [6.07, 6.45) is 2.43. The zero-order chi connectivity index (χ0) is 15.7. The second-order valence-electron chi connectivity index (χ2n) is 4.88. The van der Waals surface area contributed by atoms with Gasteiger partial charge in [-0.15, -0.1) is 0 Å². The molecular formula is C15H12FN3O2S. The predicted octanol–water partition coefficient (Wildman–Crippen LogP) is 2.61. The number of hydrogen-bond donors (Lipinski definition) is 1. The molecule has 5 nitrogen and oxygen atoms in total. The van der Waals surface area contributed by atoms with E-state index in [1.165, 1.54) is 19.2 Å². The highest BCUT2D eigenvalue weighted by Crippen LogP contribution is 2.35. The maximum atomic E-state index is 14.0. The van der Waals surface area contributed by atoms with Crippen LogP contribution < -0.4 is 5.43 Å². The van der Waals surface area contributed by atoms with Crippen molar-refractivity contribution in [2.24, 2.45) is 0 Å². The minimum Gasteiger partial charge on any atom is -0.448 e. The average molecular weight is 317 g/mol. The number of rotatable bonds is 3. The summed E-state index contributed by atoms with van der Waals surface area (Å²) >= 11 is 5.09. The number of benzene rings is 1. The van der Waals surface area contributed by atoms with Crippen LogP contribution in [-0.2, 0) is 15.1 Å². The van der Waals surface area contributed by atoms with E-state index in [1.54, 1.807) is 12.1 Å². The molecule has 1 unspecified atom stereocenters. The number of pyridine rings is 1. The van der Waals surface area contributed by atoms with Gasteiger partial charge in [0.05, 0.1) is 11.9 Å². The van der Waals surface area contributed by atoms with E-state index in [0.29, 0.717) is 5.69 Å². The van der Waals surface area contributed by atoms with Crippen molar-refractivity contribution in [1.29, 1.82) is 0 Å². The first-order valence-corrected chi connectivity index (χ1v) is 6.92. The molecule has 22 heavy (non-hydrogen) atoms. The zero-order valence-corrected chi connectivity index (χ0v) is 12.4. The molecule has 1 aromatic carbocycles. The number of nitrogens with zero attached hydrogens (tertiary/aromatic N) is 2. The van der Waals surface area contributed by atoms with E-state index in [1.807, 2.05) is 18.2 Å². The number of halogens is 1. The van der Waals surface area contributed by atoms with E-state index in [4.69, 9.17) is 17.0 Å². The van der Waals surface area contributed by atoms with Crippen molar-refractivity contribution in [3.8, 4) is 0 Å². The third-order valence-electron chi connectivity index (χ3n) is 3.39. The molecule has 1 saturated heterocycles. The van der Waals surface area contributed by atoms with Gasteiger partial charge in [0.2, 0.25) is 5.60 Å². The van der Waals surface area contributed by atoms with Gasteiger partial charge in [-0.05, 0) is 37.3 Å². The number of ether oxygens (including phenoxy) is 1. The molecular weight excluding hydrogens is 305 g/mol. The highest BCUT2D eigenvalue weighted by atomic mass is 32.1. The first kappa shape index (κ1) is 14.4. The maximum Gasteiger partial charge on any atom is 0.297 e. The van der Waals surface area contributed by atoms with E-state index < -0.39 is 17.3 Å². The van der Waals surface area contributed by atoms with Gasteiger partial charge in [-0.2, -0.15) is 5.01 Å². The Hall–Kier alpha value is -2.54. The van der Waals surface area contributed by atoms with Gasteiger partial charge < -0.3 is 4.74 Å². The molecule has 0 radical (unpaired) electrons. The van der Waals surface area contributed by atoms with Crippen molar-refractivity contribution < 1.29 is 13.9 Å². The Labute approximate surface area is 131 Å². The van der Waals surface area contributed by atoms with Crippen LogP contribution in [0.25, 0.3) is 0 Å². The van der Waals surface area contributed by atoms with Gasteiger partial charge >= 0.3 is 0 Å². The largest absolute Gasteiger partial charge is 0.448 e. The number of anilines is 1. The minimum absolute atomic E-state index is 0.0624. The van der Waals surface area contributed by atoms with Crippen LogP contribution in [0, 0.1) is 5.82 Å². The first-order valence-electron chi connectivity index (χ1n) is 6.51. The Morgan fingerprint density at radius 2 is 2.05 bits per heavy atom. The number of carbonyl (C=O) groups is 1. The van der Waals surface area contributed by atoms with Crippen LogP contribution in [0.5, 0.6) is 0 Å². The van der Waals surface area contributed by atoms with Crippen LogP contribution in [0.2, 0.25) is 0 Å². The third kappa shape index (κ3) is 2.29. The second kappa shape index (κ2) is 5.34. The molecule has 1 atom stereocenters. The number of nitrogens with one attached hydrogen (secondary N) is 1. The Bertz CT molecular complexity index is 741. The molecule has 1 aromatic heterocycles. The fourth-order valence-electron chi connectivity index (χ4n) is 2.23. The number of hydrogen-bond acceptors (Lipinski definition) is 5. The highest BCUT2D eigenvalue weighted by molar-refractivity contribution is 7.80. The quantitative estimate of drug-likeness (QED) is 0.882. The Morgan fingerprint density at radius 3 is 2.73 bits per heavy atom. The predicted molar refractivity (Wildman–Crippen MR) is 82.1 cm³/mol. The normalized spacial score (nSPS) is 20.9. The van der Waals surface area contributed by atoms with Gasteiger partial charge in [-0.1, -0.05) is 18.2 Å². The molecule has 1 N–H and O–H groups in total. The Balaban J connectivity index is 1.93. The topological polar surface area (TPSA) is 54.5 Å². The lowest BCUT2D eigenvalue weighted by atomic mass is 9.96. The number of thiocarbonyl (C=S) groups is 1. The van der Waals surface area contributed by atoms with Gasteiger partial charge in [0.1, 0.15) is 5.82 Å². The molecule has 0 saturated carbocycles. The van der Waals surface area contributed by atoms with Crippen molar-refractivity contribution in [3.05, 3.63) is 60.2 Å². The molecule has 2 heterocycles. The SMILES string of the molecule is CC1(c2ccncc2F)OC(=S)N(Nc2ccccc2)C1=O. The molecule has 2 aromatic rings. The monoisotopic (exact) mass is 317 g/mol. The average Bonchev–Trinajstić information content (AvgIpc) is 2.73. The van der Waals surface area contributed by atoms with Crippen molar-refractivity contribution >= 4 is 29.0 Å². The van der Waals surface area contributed by atoms with E-state index in [2.05, 4.69) is 10.4 Å². The number of carbonyl (C=O) groups excluding carboxylic acids is 1. The summed E-state index contributed by atoms with van der Waals surface area (Å²) in [7, 11) is 0. The molecule has 112 valence electrons. The molecule has 0 aliphatic carbocycles. The summed E-state index contributed by atoms with van der Waals surface area (Å²) in [5.41, 5.74) is 2.10. The van der Waals surface area contributed by atoms with Gasteiger partial charge in [0.25, 0.3) is 11.1 Å². The molecule has 1 aliphatic heterocycles. The summed E-state index contributed by atoms with van der Waals surface area (Å²) in [4.78, 5) is 16.3. The van der Waals surface area contributed by atoms with Crippen LogP contribution in [0.3, 0.4) is 0 Å². The first-order chi connectivity index (χ1) is 10.5. The molecule has 0 bridgehead atoms. The van der Waals surface area contributed by atoms with Crippen molar-refractivity contribution in [1.82, 2.24) is 9.99 Å². The molecule has 1 amide bonds. The highest BCUT2D eigenvalue weighted by Gasteiger charge is 2.51. The minimum atomic E-state index is -1.52. The summed E-state index contributed by atoms with van der Waals surface area (Å²) in [5.74, 6) is -1.12. The maximum absolute atomic E-state index is 14.0. The van der Waals surface area contributed by atoms with E-state index >= 15 is 0 Å². The third-order valence-corrected chi connectivity index (χ3v) is 3.65. The van der Waals surface area contributed by atoms with E-state index in [9.17, 15) is 9.18 Å². The van der Waals surface area contributed by atoms with Crippen LogP contribution >= 0.6 is 12.2 Å². The van der Waals surface area contributed by atoms with Gasteiger partial charge in [0, 0.05) is 11.8 Å². The lowest BCUT2D eigenvalue weighted by Gasteiger charge is -2.21. The van der Waals surface area contributed by atoms with Crippen molar-refractivity contribution in [2.45, 2.75) is 12.5 Å². The smallest absolute Gasteiger partial charge is 0.297 e. The van der Waals surface area contributed by atoms with Crippen LogP contribution in [-0.4, -0.2) is 21.1 Å². The van der Waals surface area contributed by atoms with Gasteiger partial charge in [-0.25, -0.2) is 4.39 Å². The summed E-state index contributed by atoms with van der Waals surface area (Å²) < 4.78 is 19.5. The molecule has 0 spiro atoms. The molecule has 7 heteroatoms. The van der Waals surface area contributed by atoms with Gasteiger partial charge in [0.15, 0.2) is 0 Å². The summed E-state index contributed by atoms with van der Waals surface area (Å²) in [6, 6.07) is 10.4. The molecule has 1 aliphatic rings. The fourth-order valence-corrected chi connectivity index (χ4v) is 2.53. The second-order valence-corrected chi connectivity index (χ2v) is 5.22. The summed E-state index contributed by atoms with van der Waals surface area (Å²) in [6.45, 7) is 1.48.